The molecule has 1 fully saturated rings. The van der Waals surface area contributed by atoms with E-state index in [0.717, 1.165) is 32.8 Å². The zero-order valence-corrected chi connectivity index (χ0v) is 11.3. The minimum Gasteiger partial charge on any atom is -0.428 e. The number of hydrogen-bond donors (Lipinski definition) is 1. The Morgan fingerprint density at radius 2 is 1.85 bits per heavy atom. The first-order chi connectivity index (χ1) is 9.83. The van der Waals surface area contributed by atoms with E-state index in [0.29, 0.717) is 5.92 Å². The molecule has 102 valence electrons. The van der Waals surface area contributed by atoms with Gasteiger partial charge in [-0.1, -0.05) is 37.5 Å². The summed E-state index contributed by atoms with van der Waals surface area (Å²) in [4.78, 5) is 9.43. The Bertz CT molecular complexity index is 728. The summed E-state index contributed by atoms with van der Waals surface area (Å²) in [7, 11) is 0. The number of imidazole rings is 1. The number of rotatable bonds is 1. The molecule has 1 saturated carbocycles. The van der Waals surface area contributed by atoms with E-state index in [4.69, 9.17) is 4.98 Å². The predicted molar refractivity (Wildman–Crippen MR) is 77.2 cm³/mol. The zero-order valence-electron chi connectivity index (χ0n) is 11.3. The van der Waals surface area contributed by atoms with Crippen molar-refractivity contribution in [3.05, 3.63) is 36.3 Å². The summed E-state index contributed by atoms with van der Waals surface area (Å²) in [6.07, 6.45) is 7.92. The number of fused-ring (bicyclic) bond motifs is 3. The number of aromatic nitrogens is 3. The molecule has 0 aromatic heterocycles. The van der Waals surface area contributed by atoms with Crippen molar-refractivity contribution in [3.8, 4) is 11.4 Å². The van der Waals surface area contributed by atoms with E-state index < -0.39 is 0 Å². The van der Waals surface area contributed by atoms with Crippen LogP contribution in [-0.4, -0.2) is 19.9 Å². The molecule has 1 N–H and O–H groups in total. The van der Waals surface area contributed by atoms with Gasteiger partial charge >= 0.3 is 0 Å². The van der Waals surface area contributed by atoms with Gasteiger partial charge in [-0.25, -0.2) is 9.97 Å². The molecule has 2 aliphatic heterocycles. The van der Waals surface area contributed by atoms with E-state index in [2.05, 4.69) is 4.98 Å². The topological polar surface area (TPSA) is 50.9 Å². The SMILES string of the molecule is On1cc2nc(C3CCCCC3)nc-2c2ccccc21. The Morgan fingerprint density at radius 3 is 2.70 bits per heavy atom. The monoisotopic (exact) mass is 267 g/mol. The van der Waals surface area contributed by atoms with Crippen molar-refractivity contribution in [2.24, 2.45) is 0 Å². The van der Waals surface area contributed by atoms with Gasteiger partial charge in [0.15, 0.2) is 0 Å². The largest absolute Gasteiger partial charge is 0.428 e. The third-order valence-electron chi connectivity index (χ3n) is 4.32. The lowest BCUT2D eigenvalue weighted by molar-refractivity contribution is 0.198. The molecule has 1 aromatic carbocycles. The second kappa shape index (κ2) is 4.47. The maximum atomic E-state index is 10.0. The van der Waals surface area contributed by atoms with Crippen LogP contribution < -0.4 is 0 Å². The van der Waals surface area contributed by atoms with Gasteiger partial charge in [-0.05, 0) is 18.9 Å². The van der Waals surface area contributed by atoms with Gasteiger partial charge in [0, 0.05) is 11.3 Å². The van der Waals surface area contributed by atoms with Crippen LogP contribution >= 0.6 is 0 Å². The van der Waals surface area contributed by atoms with Crippen LogP contribution in [0.15, 0.2) is 30.5 Å². The highest BCUT2D eigenvalue weighted by Crippen LogP contribution is 2.35. The van der Waals surface area contributed by atoms with Crippen molar-refractivity contribution in [2.75, 3.05) is 0 Å². The van der Waals surface area contributed by atoms with E-state index in [1.807, 2.05) is 24.3 Å². The van der Waals surface area contributed by atoms with E-state index in [1.165, 1.54) is 32.1 Å². The molecule has 3 aliphatic rings. The molecular formula is C16H17N3O. The number of benzene rings is 1. The summed E-state index contributed by atoms with van der Waals surface area (Å²) >= 11 is 0. The average molecular weight is 267 g/mol. The Hall–Kier alpha value is -2.10. The van der Waals surface area contributed by atoms with Crippen molar-refractivity contribution in [1.29, 1.82) is 0 Å². The maximum absolute atomic E-state index is 10.0. The van der Waals surface area contributed by atoms with Gasteiger partial charge in [-0.3, -0.25) is 0 Å². The molecular weight excluding hydrogens is 250 g/mol. The van der Waals surface area contributed by atoms with Crippen LogP contribution in [-0.2, 0) is 0 Å². The van der Waals surface area contributed by atoms with Crippen molar-refractivity contribution in [3.63, 3.8) is 0 Å². The van der Waals surface area contributed by atoms with Crippen LogP contribution in [0.1, 0.15) is 43.8 Å². The first kappa shape index (κ1) is 11.7. The van der Waals surface area contributed by atoms with E-state index in [9.17, 15) is 5.21 Å². The van der Waals surface area contributed by atoms with Crippen LogP contribution in [0.4, 0.5) is 0 Å². The average Bonchev–Trinajstić information content (AvgIpc) is 2.93. The molecule has 1 aliphatic carbocycles. The molecule has 4 nitrogen and oxygen atoms in total. The molecule has 2 heterocycles. The van der Waals surface area contributed by atoms with Gasteiger partial charge in [0.25, 0.3) is 0 Å². The summed E-state index contributed by atoms with van der Waals surface area (Å²) in [5.74, 6) is 1.44. The smallest absolute Gasteiger partial charge is 0.133 e. The fourth-order valence-electron chi connectivity index (χ4n) is 3.26. The van der Waals surface area contributed by atoms with Crippen molar-refractivity contribution < 1.29 is 5.21 Å². The lowest BCUT2D eigenvalue weighted by atomic mass is 9.89. The number of para-hydroxylation sites is 1. The molecule has 0 amide bonds. The van der Waals surface area contributed by atoms with Gasteiger partial charge in [0.2, 0.25) is 0 Å². The zero-order chi connectivity index (χ0) is 13.5. The van der Waals surface area contributed by atoms with Gasteiger partial charge in [-0.2, -0.15) is 4.73 Å². The van der Waals surface area contributed by atoms with Crippen LogP contribution in [0.2, 0.25) is 0 Å². The molecule has 0 radical (unpaired) electrons. The Balaban J connectivity index is 1.90. The molecule has 0 unspecified atom stereocenters. The molecule has 0 spiro atoms. The number of hydrogen-bond acceptors (Lipinski definition) is 3. The first-order valence-corrected chi connectivity index (χ1v) is 7.30. The van der Waals surface area contributed by atoms with Gasteiger partial charge in [-0.15, -0.1) is 0 Å². The second-order valence-corrected chi connectivity index (χ2v) is 5.64. The molecule has 0 atom stereocenters. The molecule has 0 bridgehead atoms. The summed E-state index contributed by atoms with van der Waals surface area (Å²) in [6.45, 7) is 0. The third-order valence-corrected chi connectivity index (χ3v) is 4.32. The predicted octanol–water partition coefficient (Wildman–Crippen LogP) is 3.82. The second-order valence-electron chi connectivity index (χ2n) is 5.64. The standard InChI is InChI=1S/C16H17N3O/c20-19-10-13-15(12-8-4-5-9-14(12)19)18-16(17-13)11-6-2-1-3-7-11/h4-5,8-11,20H,1-3,6-7H2. The summed E-state index contributed by atoms with van der Waals surface area (Å²) in [5, 5.41) is 11.0. The Labute approximate surface area is 117 Å². The van der Waals surface area contributed by atoms with Crippen LogP contribution in [0.25, 0.3) is 22.3 Å². The minimum absolute atomic E-state index is 0.488. The highest BCUT2D eigenvalue weighted by molar-refractivity contribution is 5.92. The normalized spacial score (nSPS) is 17.0. The number of nitrogens with zero attached hydrogens (tertiary/aromatic N) is 3. The fraction of sp³-hybridized carbons (Fsp3) is 0.375. The van der Waals surface area contributed by atoms with E-state index in [1.54, 1.807) is 6.20 Å². The van der Waals surface area contributed by atoms with Crippen molar-refractivity contribution in [2.45, 2.75) is 38.0 Å². The molecule has 20 heavy (non-hydrogen) atoms. The molecule has 0 saturated heterocycles. The van der Waals surface area contributed by atoms with Crippen molar-refractivity contribution >= 4 is 10.9 Å². The minimum atomic E-state index is 0.488. The fourth-order valence-corrected chi connectivity index (χ4v) is 3.26. The van der Waals surface area contributed by atoms with Gasteiger partial charge in [0.1, 0.15) is 17.2 Å². The highest BCUT2D eigenvalue weighted by Gasteiger charge is 2.23. The van der Waals surface area contributed by atoms with E-state index >= 15 is 0 Å². The van der Waals surface area contributed by atoms with Gasteiger partial charge < -0.3 is 5.21 Å². The van der Waals surface area contributed by atoms with E-state index in [-0.39, 0.29) is 0 Å². The third kappa shape index (κ3) is 1.75. The maximum Gasteiger partial charge on any atom is 0.133 e. The van der Waals surface area contributed by atoms with Crippen LogP contribution in [0.5, 0.6) is 0 Å². The summed E-state index contributed by atoms with van der Waals surface area (Å²) in [6, 6.07) is 7.77. The molecule has 1 aromatic rings. The Kier molecular flexibility index (Phi) is 2.62. The molecule has 4 heteroatoms. The van der Waals surface area contributed by atoms with Crippen LogP contribution in [0.3, 0.4) is 0 Å². The quantitative estimate of drug-likeness (QED) is 0.682. The van der Waals surface area contributed by atoms with Crippen molar-refractivity contribution in [1.82, 2.24) is 14.7 Å². The Morgan fingerprint density at radius 1 is 1.05 bits per heavy atom. The lowest BCUT2D eigenvalue weighted by Gasteiger charge is -2.18. The first-order valence-electron chi connectivity index (χ1n) is 7.30. The summed E-state index contributed by atoms with van der Waals surface area (Å²) in [5.41, 5.74) is 2.47. The number of pyridine rings is 1. The molecule has 4 rings (SSSR count). The van der Waals surface area contributed by atoms with Crippen LogP contribution in [0, 0.1) is 0 Å². The van der Waals surface area contributed by atoms with Gasteiger partial charge in [0.05, 0.1) is 11.7 Å². The summed E-state index contributed by atoms with van der Waals surface area (Å²) < 4.78 is 1.15. The highest BCUT2D eigenvalue weighted by atomic mass is 16.5. The lowest BCUT2D eigenvalue weighted by Crippen LogP contribution is -2.05.